The minimum Gasteiger partial charge on any atom is -0.389 e. The van der Waals surface area contributed by atoms with Crippen LogP contribution in [0.2, 0.25) is 0 Å². The smallest absolute Gasteiger partial charge is 0.389 e. The van der Waals surface area contributed by atoms with Crippen LogP contribution in [0.15, 0.2) is 12.2 Å². The van der Waals surface area contributed by atoms with Crippen LogP contribution in [-0.4, -0.2) is 184 Å². The summed E-state index contributed by atoms with van der Waals surface area (Å²) in [6, 6.07) is -0.931. The van der Waals surface area contributed by atoms with Gasteiger partial charge in [-0.2, -0.15) is 0 Å². The Morgan fingerprint density at radius 1 is 0.902 bits per heavy atom. The Morgan fingerprint density at radius 3 is 2.12 bits per heavy atom. The van der Waals surface area contributed by atoms with E-state index in [4.69, 9.17) is 14.2 Å². The molecule has 2 aliphatic heterocycles. The number of amides is 5. The van der Waals surface area contributed by atoms with Gasteiger partial charge in [-0.1, -0.05) is 27.7 Å². The maximum Gasteiger partial charge on any atom is 0.412 e. The molecule has 286 valence electrons. The van der Waals surface area contributed by atoms with E-state index in [0.717, 1.165) is 17.1 Å². The van der Waals surface area contributed by atoms with Crippen molar-refractivity contribution in [2.45, 2.75) is 40.2 Å². The summed E-state index contributed by atoms with van der Waals surface area (Å²) in [6.07, 6.45) is 2.30. The summed E-state index contributed by atoms with van der Waals surface area (Å²) in [5, 5.41) is 7.79. The molecule has 51 heavy (non-hydrogen) atoms. The van der Waals surface area contributed by atoms with Crippen molar-refractivity contribution in [3.05, 3.63) is 12.2 Å². The zero-order chi connectivity index (χ0) is 38.1. The molecule has 0 aromatic carbocycles. The third kappa shape index (κ3) is 16.0. The van der Waals surface area contributed by atoms with E-state index in [1.165, 1.54) is 0 Å². The molecule has 0 aromatic rings. The maximum absolute atomic E-state index is 12.9. The Balaban J connectivity index is 1.93. The van der Waals surface area contributed by atoms with Gasteiger partial charge in [-0.3, -0.25) is 62.9 Å². The molecule has 0 aliphatic carbocycles. The minimum absolute atomic E-state index is 0.00372. The van der Waals surface area contributed by atoms with Gasteiger partial charge < -0.3 is 30.2 Å². The summed E-state index contributed by atoms with van der Waals surface area (Å²) in [6.45, 7) is 6.66. The van der Waals surface area contributed by atoms with Gasteiger partial charge in [-0.15, -0.1) is 0 Å². The van der Waals surface area contributed by atoms with Gasteiger partial charge in [-0.25, -0.2) is 0 Å². The molecule has 0 bridgehead atoms. The first kappa shape index (κ1) is 42.7. The fourth-order valence-electron chi connectivity index (χ4n) is 4.78. The fourth-order valence-corrected chi connectivity index (χ4v) is 4.78. The number of nitrogens with one attached hydrogen (secondary N) is 3. The van der Waals surface area contributed by atoms with Gasteiger partial charge in [0.15, 0.2) is 0 Å². The number of imide groups is 1. The number of esters is 3. The van der Waals surface area contributed by atoms with Crippen LogP contribution < -0.4 is 16.0 Å². The van der Waals surface area contributed by atoms with Crippen molar-refractivity contribution in [3.63, 3.8) is 0 Å². The minimum atomic E-state index is -1.84. The Kier molecular flexibility index (Phi) is 18.2. The fraction of sp³-hybridized carbons (Fsp3) is 0.688. The van der Waals surface area contributed by atoms with E-state index < -0.39 is 66.5 Å². The highest BCUT2D eigenvalue weighted by Crippen LogP contribution is 2.06. The van der Waals surface area contributed by atoms with Crippen molar-refractivity contribution in [1.82, 2.24) is 40.4 Å². The quantitative estimate of drug-likeness (QED) is 0.112. The SMILES string of the molecule is CCN(C)CC(=O)OC1OC(=O)CN(C)CCN(CC(=O)NCC(=O)NC(C(=O)NCCN2C(=O)C=CC2=O)C(C)C)CCN(CC)CC(=O)O1. The van der Waals surface area contributed by atoms with E-state index in [0.29, 0.717) is 39.3 Å². The first-order chi connectivity index (χ1) is 24.1. The predicted molar refractivity (Wildman–Crippen MR) is 180 cm³/mol. The van der Waals surface area contributed by atoms with Crippen molar-refractivity contribution in [3.8, 4) is 0 Å². The van der Waals surface area contributed by atoms with E-state index in [1.54, 1.807) is 47.5 Å². The molecular weight excluding hydrogens is 672 g/mol. The predicted octanol–water partition coefficient (Wildman–Crippen LogP) is -3.28. The summed E-state index contributed by atoms with van der Waals surface area (Å²) in [5.74, 6) is -5.11. The number of ether oxygens (including phenoxy) is 3. The topological polar surface area (TPSA) is 217 Å². The number of cyclic esters (lactones) is 2. The van der Waals surface area contributed by atoms with Gasteiger partial charge in [-0.05, 0) is 33.1 Å². The zero-order valence-electron chi connectivity index (χ0n) is 30.3. The molecule has 0 spiro atoms. The van der Waals surface area contributed by atoms with E-state index in [2.05, 4.69) is 16.0 Å². The maximum atomic E-state index is 12.9. The Bertz CT molecular complexity index is 1280. The first-order valence-electron chi connectivity index (χ1n) is 16.9. The van der Waals surface area contributed by atoms with Crippen molar-refractivity contribution in [2.75, 3.05) is 99.2 Å². The molecule has 1 saturated heterocycles. The van der Waals surface area contributed by atoms with Crippen LogP contribution in [0.5, 0.6) is 0 Å². The second-order valence-corrected chi connectivity index (χ2v) is 12.5. The molecule has 5 amide bonds. The normalized spacial score (nSPS) is 19.4. The van der Waals surface area contributed by atoms with E-state index in [1.807, 2.05) is 13.8 Å². The van der Waals surface area contributed by atoms with Crippen LogP contribution in [0.1, 0.15) is 27.7 Å². The van der Waals surface area contributed by atoms with Crippen molar-refractivity contribution in [1.29, 1.82) is 0 Å². The highest BCUT2D eigenvalue weighted by atomic mass is 16.9. The lowest BCUT2D eigenvalue weighted by Gasteiger charge is -2.29. The molecule has 0 aromatic heterocycles. The lowest BCUT2D eigenvalue weighted by atomic mass is 10.0. The molecule has 3 N–H and O–H groups in total. The van der Waals surface area contributed by atoms with Gasteiger partial charge in [0.05, 0.1) is 32.7 Å². The average Bonchev–Trinajstić information content (AvgIpc) is 3.38. The summed E-state index contributed by atoms with van der Waals surface area (Å²) in [4.78, 5) is 107. The summed E-state index contributed by atoms with van der Waals surface area (Å²) in [7, 11) is 3.35. The number of nitrogens with zero attached hydrogens (tertiary/aromatic N) is 5. The van der Waals surface area contributed by atoms with Crippen molar-refractivity contribution < 1.29 is 52.6 Å². The van der Waals surface area contributed by atoms with E-state index in [-0.39, 0.29) is 45.2 Å². The number of rotatable bonds is 15. The molecule has 2 heterocycles. The molecule has 1 fully saturated rings. The van der Waals surface area contributed by atoms with Gasteiger partial charge in [0.25, 0.3) is 11.8 Å². The Morgan fingerprint density at radius 2 is 1.51 bits per heavy atom. The number of hydrogen-bond acceptors (Lipinski definition) is 15. The van der Waals surface area contributed by atoms with Gasteiger partial charge in [0.1, 0.15) is 6.04 Å². The molecule has 0 radical (unpaired) electrons. The third-order valence-corrected chi connectivity index (χ3v) is 7.97. The van der Waals surface area contributed by atoms with Crippen LogP contribution in [-0.2, 0) is 52.6 Å². The van der Waals surface area contributed by atoms with Gasteiger partial charge in [0.2, 0.25) is 17.7 Å². The molecule has 2 atom stereocenters. The Labute approximate surface area is 297 Å². The highest BCUT2D eigenvalue weighted by molar-refractivity contribution is 6.12. The average molecular weight is 725 g/mol. The number of hydrogen-bond donors (Lipinski definition) is 3. The number of carbonyl (C=O) groups excluding carboxylic acids is 8. The lowest BCUT2D eigenvalue weighted by molar-refractivity contribution is -0.258. The molecule has 2 unspecified atom stereocenters. The zero-order valence-corrected chi connectivity index (χ0v) is 30.3. The van der Waals surface area contributed by atoms with Crippen LogP contribution in [0, 0.1) is 5.92 Å². The second-order valence-electron chi connectivity index (χ2n) is 12.5. The highest BCUT2D eigenvalue weighted by Gasteiger charge is 2.28. The molecular formula is C32H52N8O11. The summed E-state index contributed by atoms with van der Waals surface area (Å²) in [5.41, 5.74) is 0. The van der Waals surface area contributed by atoms with Crippen LogP contribution in [0.25, 0.3) is 0 Å². The lowest BCUT2D eigenvalue weighted by Crippen LogP contribution is -2.53. The Hall–Kier alpha value is -4.46. The van der Waals surface area contributed by atoms with E-state index in [9.17, 15) is 38.4 Å². The van der Waals surface area contributed by atoms with Crippen molar-refractivity contribution >= 4 is 47.4 Å². The standard InChI is InChI=1S/C32H52N8O11/c1-7-36(5)19-27(45)49-32-50-28(46)20-37(6)13-14-39(16-15-38(8-2)21-29(47)51-32)18-24(42)34-17-23(41)35-30(22(3)4)31(48)33-11-12-40-25(43)9-10-26(40)44/h9-10,22,30,32H,7-8,11-21H2,1-6H3,(H,33,48)(H,34,42)(H,35,41). The monoisotopic (exact) mass is 724 g/mol. The van der Waals surface area contributed by atoms with Gasteiger partial charge >= 0.3 is 24.4 Å². The molecule has 2 rings (SSSR count). The summed E-state index contributed by atoms with van der Waals surface area (Å²) >= 11 is 0. The number of likely N-dealkylation sites (N-methyl/N-ethyl adjacent to an activating group) is 3. The molecule has 2 aliphatic rings. The summed E-state index contributed by atoms with van der Waals surface area (Å²) < 4.78 is 15.5. The van der Waals surface area contributed by atoms with Crippen LogP contribution >= 0.6 is 0 Å². The first-order valence-corrected chi connectivity index (χ1v) is 16.9. The van der Waals surface area contributed by atoms with Gasteiger partial charge in [0, 0.05) is 51.4 Å². The van der Waals surface area contributed by atoms with E-state index >= 15 is 0 Å². The number of carbonyl (C=O) groups is 8. The molecule has 0 saturated carbocycles. The largest absolute Gasteiger partial charge is 0.412 e. The molecule has 19 nitrogen and oxygen atoms in total. The third-order valence-electron chi connectivity index (χ3n) is 7.97. The van der Waals surface area contributed by atoms with Crippen LogP contribution in [0.3, 0.4) is 0 Å². The van der Waals surface area contributed by atoms with Crippen LogP contribution in [0.4, 0.5) is 0 Å². The van der Waals surface area contributed by atoms with Crippen molar-refractivity contribution in [2.24, 2.45) is 5.92 Å². The second kappa shape index (κ2) is 21.7. The molecule has 19 heteroatoms.